The first kappa shape index (κ1) is 29.7. The van der Waals surface area contributed by atoms with Gasteiger partial charge in [-0.05, 0) is 56.3 Å². The van der Waals surface area contributed by atoms with Crippen molar-refractivity contribution in [1.29, 1.82) is 0 Å². The summed E-state index contributed by atoms with van der Waals surface area (Å²) in [4.78, 5) is 37.7. The van der Waals surface area contributed by atoms with Crippen LogP contribution in [0.3, 0.4) is 0 Å². The maximum Gasteiger partial charge on any atom is 0.323 e. The van der Waals surface area contributed by atoms with Gasteiger partial charge in [0.25, 0.3) is 5.91 Å². The number of nitrogens with zero attached hydrogens (tertiary/aromatic N) is 4. The van der Waals surface area contributed by atoms with Gasteiger partial charge < -0.3 is 44.1 Å². The highest BCUT2D eigenvalue weighted by Crippen LogP contribution is 2.42. The van der Waals surface area contributed by atoms with Crippen molar-refractivity contribution in [3.63, 3.8) is 0 Å². The number of hydrogen-bond acceptors (Lipinski definition) is 10. The summed E-state index contributed by atoms with van der Waals surface area (Å²) in [5.74, 6) is 0.309. The molecule has 0 bridgehead atoms. The molecule has 0 aliphatic carbocycles. The molecule has 3 amide bonds. The van der Waals surface area contributed by atoms with Crippen molar-refractivity contribution in [3.05, 3.63) is 54.0 Å². The Morgan fingerprint density at radius 2 is 1.70 bits per heavy atom. The molecule has 44 heavy (non-hydrogen) atoms. The molecule has 1 aromatic heterocycles. The van der Waals surface area contributed by atoms with Gasteiger partial charge in [-0.25, -0.2) is 19.2 Å². The van der Waals surface area contributed by atoms with Gasteiger partial charge in [0, 0.05) is 36.7 Å². The fraction of sp³-hybridized carbons (Fsp3) is 0.400. The van der Waals surface area contributed by atoms with E-state index in [2.05, 4.69) is 15.6 Å². The largest absolute Gasteiger partial charge is 0.488 e. The fourth-order valence-electron chi connectivity index (χ4n) is 5.08. The maximum atomic E-state index is 15.6. The number of halogens is 1. The molecule has 0 radical (unpaired) electrons. The number of urea groups is 1. The van der Waals surface area contributed by atoms with Crippen molar-refractivity contribution in [3.8, 4) is 17.1 Å². The van der Waals surface area contributed by atoms with Crippen LogP contribution in [0, 0.1) is 5.82 Å². The summed E-state index contributed by atoms with van der Waals surface area (Å²) in [6.45, 7) is 7.15. The van der Waals surface area contributed by atoms with Gasteiger partial charge in [-0.15, -0.1) is 0 Å². The van der Waals surface area contributed by atoms with E-state index in [-0.39, 0.29) is 29.6 Å². The molecule has 13 nitrogen and oxygen atoms in total. The van der Waals surface area contributed by atoms with Crippen molar-refractivity contribution < 1.29 is 37.7 Å². The fourth-order valence-corrected chi connectivity index (χ4v) is 5.08. The second-order valence-corrected chi connectivity index (χ2v) is 10.2. The summed E-state index contributed by atoms with van der Waals surface area (Å²) in [5, 5.41) is 5.36. The van der Waals surface area contributed by atoms with E-state index >= 15 is 4.39 Å². The quantitative estimate of drug-likeness (QED) is 0.387. The molecule has 0 atom stereocenters. The first-order valence-electron chi connectivity index (χ1n) is 14.4. The summed E-state index contributed by atoms with van der Waals surface area (Å²) in [6, 6.07) is 10.6. The van der Waals surface area contributed by atoms with E-state index in [9.17, 15) is 9.59 Å². The number of carbonyl (C=O) groups excluding carboxylic acids is 2. The predicted molar refractivity (Wildman–Crippen MR) is 158 cm³/mol. The highest BCUT2D eigenvalue weighted by atomic mass is 19.1. The van der Waals surface area contributed by atoms with Gasteiger partial charge in [0.05, 0.1) is 32.0 Å². The zero-order valence-corrected chi connectivity index (χ0v) is 24.4. The average Bonchev–Trinajstić information content (AvgIpc) is 3.01. The van der Waals surface area contributed by atoms with Crippen LogP contribution in [0.2, 0.25) is 0 Å². The minimum atomic E-state index is -0.774. The Bertz CT molecular complexity index is 1510. The number of anilines is 4. The van der Waals surface area contributed by atoms with E-state index in [4.69, 9.17) is 28.7 Å². The van der Waals surface area contributed by atoms with Gasteiger partial charge in [0.1, 0.15) is 18.1 Å². The molecule has 4 heterocycles. The maximum absolute atomic E-state index is 15.6. The summed E-state index contributed by atoms with van der Waals surface area (Å²) in [7, 11) is 0. The first-order valence-corrected chi connectivity index (χ1v) is 14.4. The van der Waals surface area contributed by atoms with Crippen molar-refractivity contribution in [1.82, 2.24) is 9.97 Å². The molecule has 14 heteroatoms. The van der Waals surface area contributed by atoms with Crippen LogP contribution >= 0.6 is 0 Å². The molecule has 3 fully saturated rings. The third-order valence-corrected chi connectivity index (χ3v) is 7.22. The van der Waals surface area contributed by atoms with Gasteiger partial charge in [-0.1, -0.05) is 0 Å². The second-order valence-electron chi connectivity index (χ2n) is 10.2. The van der Waals surface area contributed by atoms with E-state index < -0.39 is 24.4 Å². The zero-order chi connectivity index (χ0) is 30.6. The minimum absolute atomic E-state index is 0.0429. The summed E-state index contributed by atoms with van der Waals surface area (Å²) >= 11 is 0. The lowest BCUT2D eigenvalue weighted by atomic mass is 10.1. The van der Waals surface area contributed by atoms with Crippen LogP contribution in [0.5, 0.6) is 5.75 Å². The van der Waals surface area contributed by atoms with Crippen LogP contribution in [0.1, 0.15) is 25.8 Å². The van der Waals surface area contributed by atoms with E-state index in [0.717, 1.165) is 0 Å². The van der Waals surface area contributed by atoms with E-state index in [1.54, 1.807) is 42.2 Å². The average molecular weight is 609 g/mol. The molecule has 3 aromatic rings. The molecule has 3 aliphatic heterocycles. The number of rotatable bonds is 8. The van der Waals surface area contributed by atoms with Crippen LogP contribution in [0.4, 0.5) is 32.1 Å². The number of hydrogen-bond donors (Lipinski definition) is 2. The smallest absolute Gasteiger partial charge is 0.323 e. The normalized spacial score (nSPS) is 20.2. The van der Waals surface area contributed by atoms with Crippen molar-refractivity contribution >= 4 is 34.8 Å². The number of carbonyl (C=O) groups is 2. The zero-order valence-electron chi connectivity index (χ0n) is 24.4. The minimum Gasteiger partial charge on any atom is -0.488 e. The summed E-state index contributed by atoms with van der Waals surface area (Å²) < 4.78 is 43.6. The lowest BCUT2D eigenvalue weighted by molar-refractivity contribution is -0.384. The number of aromatic nitrogens is 2. The number of benzene rings is 2. The molecule has 0 spiro atoms. The third-order valence-electron chi connectivity index (χ3n) is 7.22. The van der Waals surface area contributed by atoms with E-state index in [0.29, 0.717) is 74.7 Å². The monoisotopic (exact) mass is 608 g/mol. The van der Waals surface area contributed by atoms with E-state index in [1.807, 2.05) is 11.8 Å². The predicted octanol–water partition coefficient (Wildman–Crippen LogP) is 3.92. The Balaban J connectivity index is 1.20. The van der Waals surface area contributed by atoms with Gasteiger partial charge in [0.2, 0.25) is 6.29 Å². The molecular weight excluding hydrogens is 575 g/mol. The van der Waals surface area contributed by atoms with Gasteiger partial charge in [-0.2, -0.15) is 0 Å². The molecule has 0 saturated carbocycles. The highest BCUT2D eigenvalue weighted by Gasteiger charge is 2.36. The molecule has 2 aromatic carbocycles. The number of amides is 3. The molecule has 2 N–H and O–H groups in total. The Kier molecular flexibility index (Phi) is 8.84. The Morgan fingerprint density at radius 3 is 2.39 bits per heavy atom. The van der Waals surface area contributed by atoms with Crippen LogP contribution in [0.25, 0.3) is 11.4 Å². The molecule has 6 rings (SSSR count). The lowest BCUT2D eigenvalue weighted by Crippen LogP contribution is -2.41. The van der Waals surface area contributed by atoms with Crippen LogP contribution < -0.4 is 25.2 Å². The van der Waals surface area contributed by atoms with Gasteiger partial charge in [0.15, 0.2) is 23.7 Å². The molecule has 3 aliphatic rings. The standard InChI is InChI=1S/C30H33FN6O7/c1-3-42-26-25(29-43-18(2)44-29)34-27(35-28(26)36-10-13-40-14-11-36)22-9-6-20(16-23(22)31)33-30(39)32-19-4-7-21(8-5-19)37-12-15-41-17-24(37)38/h4-9,16,18,29H,3,10-15,17H2,1-2H3,(H2,32,33,39). The van der Waals surface area contributed by atoms with Crippen molar-refractivity contribution in [2.75, 3.05) is 73.1 Å². The Labute approximate surface area is 253 Å². The summed E-state index contributed by atoms with van der Waals surface area (Å²) in [5.41, 5.74) is 1.96. The van der Waals surface area contributed by atoms with Crippen LogP contribution in [-0.4, -0.2) is 80.9 Å². The van der Waals surface area contributed by atoms with Gasteiger partial charge >= 0.3 is 6.03 Å². The Hall–Kier alpha value is -4.37. The van der Waals surface area contributed by atoms with E-state index in [1.165, 1.54) is 12.1 Å². The molecule has 232 valence electrons. The molecule has 0 unspecified atom stereocenters. The topological polar surface area (TPSA) is 137 Å². The SMILES string of the molecule is CCOc1c(C2OC(C)O2)nc(-c2ccc(NC(=O)Nc3ccc(N4CCOCC4=O)cc3)cc2F)nc1N1CCOCC1. The van der Waals surface area contributed by atoms with Crippen LogP contribution in [-0.2, 0) is 23.7 Å². The number of ether oxygens (including phenoxy) is 5. The first-order chi connectivity index (χ1) is 21.4. The van der Waals surface area contributed by atoms with Crippen LogP contribution in [0.15, 0.2) is 42.5 Å². The van der Waals surface area contributed by atoms with Crippen molar-refractivity contribution in [2.24, 2.45) is 0 Å². The summed E-state index contributed by atoms with van der Waals surface area (Å²) in [6.07, 6.45) is -1.18. The molecular formula is C30H33FN6O7. The lowest BCUT2D eigenvalue weighted by Gasteiger charge is -2.35. The van der Waals surface area contributed by atoms with Gasteiger partial charge in [-0.3, -0.25) is 4.79 Å². The second kappa shape index (κ2) is 13.1. The van der Waals surface area contributed by atoms with Crippen molar-refractivity contribution in [2.45, 2.75) is 26.4 Å². The number of nitrogens with one attached hydrogen (secondary N) is 2. The Morgan fingerprint density at radius 1 is 1.00 bits per heavy atom. The number of morpholine rings is 2. The third kappa shape index (κ3) is 6.43. The highest BCUT2D eigenvalue weighted by molar-refractivity contribution is 6.00. The molecule has 3 saturated heterocycles.